The lowest BCUT2D eigenvalue weighted by atomic mass is 9.97. The molecule has 1 amide bonds. The molecule has 2 aromatic rings. The third kappa shape index (κ3) is 5.33. The van der Waals surface area contributed by atoms with E-state index in [1.165, 1.54) is 24.8 Å². The van der Waals surface area contributed by atoms with Crippen LogP contribution in [0.25, 0.3) is 0 Å². The number of hydrogen-bond acceptors (Lipinski definition) is 3. The number of nitrogens with one attached hydrogen (secondary N) is 2. The Labute approximate surface area is 153 Å². The molecule has 1 aliphatic carbocycles. The third-order valence-corrected chi connectivity index (χ3v) is 4.46. The number of carbonyl (C=O) groups excluding carboxylic acids is 1. The van der Waals surface area contributed by atoms with E-state index in [0.717, 1.165) is 24.2 Å². The van der Waals surface area contributed by atoms with E-state index < -0.39 is 0 Å². The number of aromatic nitrogens is 1. The average molecular weight is 356 g/mol. The van der Waals surface area contributed by atoms with Gasteiger partial charge in [-0.1, -0.05) is 29.3 Å². The summed E-state index contributed by atoms with van der Waals surface area (Å²) in [5.74, 6) is -0.147. The minimum atomic E-state index is -0.147. The molecule has 1 aliphatic rings. The normalized spacial score (nSPS) is 13.9. The Morgan fingerprint density at radius 2 is 2.04 bits per heavy atom. The van der Waals surface area contributed by atoms with Gasteiger partial charge in [-0.3, -0.25) is 9.78 Å². The lowest BCUT2D eigenvalue weighted by Crippen LogP contribution is -2.25. The molecule has 1 aromatic heterocycles. The maximum absolute atomic E-state index is 12.3. The molecule has 0 fully saturated rings. The second-order valence-corrected chi connectivity index (χ2v) is 6.62. The monoisotopic (exact) mass is 355 g/mol. The fourth-order valence-electron chi connectivity index (χ4n) is 2.92. The smallest absolute Gasteiger partial charge is 0.269 e. The van der Waals surface area contributed by atoms with Gasteiger partial charge in [-0.15, -0.1) is 0 Å². The summed E-state index contributed by atoms with van der Waals surface area (Å²) in [5.41, 5.74) is 3.53. The van der Waals surface area contributed by atoms with Crippen LogP contribution in [0.5, 0.6) is 0 Å². The van der Waals surface area contributed by atoms with E-state index >= 15 is 0 Å². The number of halogens is 1. The Balaban J connectivity index is 1.56. The van der Waals surface area contributed by atoms with Crippen molar-refractivity contribution in [3.8, 4) is 0 Å². The van der Waals surface area contributed by atoms with E-state index in [4.69, 9.17) is 11.6 Å². The lowest BCUT2D eigenvalue weighted by Gasteiger charge is -2.13. The minimum absolute atomic E-state index is 0.147. The van der Waals surface area contributed by atoms with E-state index in [-0.39, 0.29) is 5.91 Å². The van der Waals surface area contributed by atoms with Crippen molar-refractivity contribution in [1.29, 1.82) is 0 Å². The first-order chi connectivity index (χ1) is 12.2. The number of benzene rings is 1. The van der Waals surface area contributed by atoms with Gasteiger partial charge in [0.2, 0.25) is 0 Å². The number of nitrogens with zero attached hydrogens (tertiary/aromatic N) is 1. The molecule has 1 heterocycles. The Morgan fingerprint density at radius 1 is 1.16 bits per heavy atom. The number of anilines is 2. The van der Waals surface area contributed by atoms with Crippen LogP contribution in [0.15, 0.2) is 54.2 Å². The average Bonchev–Trinajstić information content (AvgIpc) is 2.63. The zero-order valence-corrected chi connectivity index (χ0v) is 14.9. The predicted octanol–water partition coefficient (Wildman–Crippen LogP) is 5.10. The van der Waals surface area contributed by atoms with Crippen molar-refractivity contribution in [2.75, 3.05) is 11.9 Å². The summed E-state index contributed by atoms with van der Waals surface area (Å²) >= 11 is 5.99. The maximum atomic E-state index is 12.3. The molecule has 25 heavy (non-hydrogen) atoms. The van der Waals surface area contributed by atoms with Gasteiger partial charge in [-0.2, -0.15) is 0 Å². The molecule has 0 atom stereocenters. The highest BCUT2D eigenvalue weighted by molar-refractivity contribution is 6.30. The van der Waals surface area contributed by atoms with Crippen molar-refractivity contribution in [3.05, 3.63) is 65.0 Å². The standard InChI is InChI=1S/C20H22ClN3O/c21-16-7-4-8-17(13-16)24-18-10-12-22-19(14-18)20(25)23-11-9-15-5-2-1-3-6-15/h4-5,7-8,10,12-14H,1-3,6,9,11H2,(H,22,24)(H,23,25). The molecular formula is C20H22ClN3O. The first-order valence-electron chi connectivity index (χ1n) is 8.65. The van der Waals surface area contributed by atoms with Crippen molar-refractivity contribution in [2.24, 2.45) is 0 Å². The zero-order valence-electron chi connectivity index (χ0n) is 14.1. The summed E-state index contributed by atoms with van der Waals surface area (Å²) in [6.07, 6.45) is 9.74. The van der Waals surface area contributed by atoms with Gasteiger partial charge in [0.15, 0.2) is 0 Å². The number of hydrogen-bond donors (Lipinski definition) is 2. The Morgan fingerprint density at radius 3 is 2.84 bits per heavy atom. The largest absolute Gasteiger partial charge is 0.355 e. The van der Waals surface area contributed by atoms with Crippen molar-refractivity contribution in [2.45, 2.75) is 32.1 Å². The minimum Gasteiger partial charge on any atom is -0.355 e. The summed E-state index contributed by atoms with van der Waals surface area (Å²) in [7, 11) is 0. The quantitative estimate of drug-likeness (QED) is 0.709. The summed E-state index contributed by atoms with van der Waals surface area (Å²) in [4.78, 5) is 16.5. The second kappa shape index (κ2) is 8.67. The second-order valence-electron chi connectivity index (χ2n) is 6.18. The molecule has 130 valence electrons. The highest BCUT2D eigenvalue weighted by atomic mass is 35.5. The maximum Gasteiger partial charge on any atom is 0.269 e. The van der Waals surface area contributed by atoms with Crippen LogP contribution in [0.1, 0.15) is 42.6 Å². The number of allylic oxidation sites excluding steroid dienone is 1. The van der Waals surface area contributed by atoms with Crippen LogP contribution in [0.2, 0.25) is 5.02 Å². The van der Waals surface area contributed by atoms with Crippen LogP contribution in [-0.4, -0.2) is 17.4 Å². The highest BCUT2D eigenvalue weighted by Crippen LogP contribution is 2.21. The third-order valence-electron chi connectivity index (χ3n) is 4.22. The van der Waals surface area contributed by atoms with Crippen LogP contribution < -0.4 is 10.6 Å². The van der Waals surface area contributed by atoms with E-state index in [0.29, 0.717) is 17.3 Å². The summed E-state index contributed by atoms with van der Waals surface area (Å²) in [6, 6.07) is 11.0. The molecule has 0 bridgehead atoms. The van der Waals surface area contributed by atoms with Gasteiger partial charge in [-0.05, 0) is 62.4 Å². The van der Waals surface area contributed by atoms with Gasteiger partial charge in [0.25, 0.3) is 5.91 Å². The molecule has 4 nitrogen and oxygen atoms in total. The van der Waals surface area contributed by atoms with Gasteiger partial charge < -0.3 is 10.6 Å². The first-order valence-corrected chi connectivity index (χ1v) is 9.03. The lowest BCUT2D eigenvalue weighted by molar-refractivity contribution is 0.0949. The van der Waals surface area contributed by atoms with Crippen LogP contribution in [0.4, 0.5) is 11.4 Å². The fourth-order valence-corrected chi connectivity index (χ4v) is 3.11. The highest BCUT2D eigenvalue weighted by Gasteiger charge is 2.09. The molecule has 0 saturated carbocycles. The number of carbonyl (C=O) groups is 1. The fraction of sp³-hybridized carbons (Fsp3) is 0.300. The van der Waals surface area contributed by atoms with E-state index in [2.05, 4.69) is 21.7 Å². The Bertz CT molecular complexity index is 773. The van der Waals surface area contributed by atoms with Crippen molar-refractivity contribution in [1.82, 2.24) is 10.3 Å². The van der Waals surface area contributed by atoms with Crippen LogP contribution in [0.3, 0.4) is 0 Å². The molecule has 0 saturated heterocycles. The molecule has 3 rings (SSSR count). The molecule has 0 radical (unpaired) electrons. The molecule has 0 aliphatic heterocycles. The number of pyridine rings is 1. The van der Waals surface area contributed by atoms with Gasteiger partial charge in [0.05, 0.1) is 0 Å². The topological polar surface area (TPSA) is 54.0 Å². The van der Waals surface area contributed by atoms with Gasteiger partial charge in [-0.25, -0.2) is 0 Å². The Hall–Kier alpha value is -2.33. The first kappa shape index (κ1) is 17.5. The zero-order chi connectivity index (χ0) is 17.5. The number of amides is 1. The van der Waals surface area contributed by atoms with Gasteiger partial charge in [0.1, 0.15) is 5.69 Å². The predicted molar refractivity (Wildman–Crippen MR) is 102 cm³/mol. The molecule has 0 unspecified atom stereocenters. The summed E-state index contributed by atoms with van der Waals surface area (Å²) in [6.45, 7) is 0.651. The van der Waals surface area contributed by atoms with Crippen molar-refractivity contribution in [3.63, 3.8) is 0 Å². The molecule has 0 spiro atoms. The van der Waals surface area contributed by atoms with Crippen LogP contribution in [-0.2, 0) is 0 Å². The molecule has 2 N–H and O–H groups in total. The van der Waals surface area contributed by atoms with Crippen molar-refractivity contribution < 1.29 is 4.79 Å². The van der Waals surface area contributed by atoms with Crippen LogP contribution in [0, 0.1) is 0 Å². The van der Waals surface area contributed by atoms with E-state index in [1.54, 1.807) is 12.3 Å². The molecule has 5 heteroatoms. The summed E-state index contributed by atoms with van der Waals surface area (Å²) < 4.78 is 0. The SMILES string of the molecule is O=C(NCCC1=CCCCC1)c1cc(Nc2cccc(Cl)c2)ccn1. The van der Waals surface area contributed by atoms with E-state index in [1.807, 2.05) is 30.3 Å². The van der Waals surface area contributed by atoms with Crippen LogP contribution >= 0.6 is 11.6 Å². The number of rotatable bonds is 6. The summed E-state index contributed by atoms with van der Waals surface area (Å²) in [5, 5.41) is 6.85. The van der Waals surface area contributed by atoms with E-state index in [9.17, 15) is 4.79 Å². The van der Waals surface area contributed by atoms with Crippen molar-refractivity contribution >= 4 is 28.9 Å². The van der Waals surface area contributed by atoms with Gasteiger partial charge >= 0.3 is 0 Å². The molecule has 1 aromatic carbocycles. The molecular weight excluding hydrogens is 334 g/mol. The Kier molecular flexibility index (Phi) is 6.07. The van der Waals surface area contributed by atoms with Gasteiger partial charge in [0, 0.05) is 29.1 Å².